The van der Waals surface area contributed by atoms with E-state index in [1.165, 1.54) is 0 Å². The van der Waals surface area contributed by atoms with Gasteiger partial charge >= 0.3 is 0 Å². The molecule has 0 spiro atoms. The molecule has 2 nitrogen and oxygen atoms in total. The molecule has 0 N–H and O–H groups in total. The Morgan fingerprint density at radius 2 is 1.90 bits per heavy atom. The van der Waals surface area contributed by atoms with Crippen LogP contribution in [0.5, 0.6) is 0 Å². The Morgan fingerprint density at radius 3 is 2.60 bits per heavy atom. The summed E-state index contributed by atoms with van der Waals surface area (Å²) in [5.41, 5.74) is 2.55. The van der Waals surface area contributed by atoms with Crippen LogP contribution in [0.3, 0.4) is 0 Å². The molecule has 0 fully saturated rings. The summed E-state index contributed by atoms with van der Waals surface area (Å²) in [5.74, 6) is 0. The van der Waals surface area contributed by atoms with Crippen molar-refractivity contribution in [2.24, 2.45) is 0 Å². The predicted octanol–water partition coefficient (Wildman–Crippen LogP) is 4.90. The van der Waals surface area contributed by atoms with Gasteiger partial charge in [0.15, 0.2) is 0 Å². The number of hydrogen-bond donors (Lipinski definition) is 0. The number of fused-ring (bicyclic) bond motifs is 1. The summed E-state index contributed by atoms with van der Waals surface area (Å²) in [5, 5.41) is 10.2. The highest BCUT2D eigenvalue weighted by molar-refractivity contribution is 7.20. The van der Waals surface area contributed by atoms with Gasteiger partial charge in [-0.2, -0.15) is 5.26 Å². The Balaban J connectivity index is 1.96. The second kappa shape index (κ2) is 5.46. The number of thiazole rings is 1. The summed E-state index contributed by atoms with van der Waals surface area (Å²) in [4.78, 5) is 4.51. The summed E-state index contributed by atoms with van der Waals surface area (Å²) in [6, 6.07) is 17.3. The molecular formula is C16H9ClN2S. The minimum atomic E-state index is 0.607. The molecule has 0 unspecified atom stereocenters. The monoisotopic (exact) mass is 296 g/mol. The van der Waals surface area contributed by atoms with Gasteiger partial charge in [0.05, 0.1) is 26.9 Å². The number of hydrogen-bond acceptors (Lipinski definition) is 3. The zero-order valence-electron chi connectivity index (χ0n) is 10.4. The third-order valence-electron chi connectivity index (χ3n) is 2.83. The summed E-state index contributed by atoms with van der Waals surface area (Å²) in [6.45, 7) is 0. The van der Waals surface area contributed by atoms with Crippen molar-refractivity contribution in [1.82, 2.24) is 4.98 Å². The van der Waals surface area contributed by atoms with Crippen molar-refractivity contribution in [3.05, 3.63) is 64.7 Å². The number of para-hydroxylation sites is 1. The van der Waals surface area contributed by atoms with E-state index in [2.05, 4.69) is 11.1 Å². The van der Waals surface area contributed by atoms with Crippen LogP contribution in [0.25, 0.3) is 21.3 Å². The molecule has 1 heterocycles. The van der Waals surface area contributed by atoms with Gasteiger partial charge < -0.3 is 0 Å². The first kappa shape index (κ1) is 12.9. The predicted molar refractivity (Wildman–Crippen MR) is 84.5 cm³/mol. The van der Waals surface area contributed by atoms with Gasteiger partial charge in [0, 0.05) is 0 Å². The lowest BCUT2D eigenvalue weighted by atomic mass is 10.1. The minimum absolute atomic E-state index is 0.607. The average Bonchev–Trinajstić information content (AvgIpc) is 2.92. The largest absolute Gasteiger partial charge is 0.235 e. The Morgan fingerprint density at radius 1 is 1.15 bits per heavy atom. The van der Waals surface area contributed by atoms with Crippen LogP contribution in [-0.4, -0.2) is 4.98 Å². The van der Waals surface area contributed by atoms with E-state index in [0.29, 0.717) is 10.6 Å². The normalized spacial score (nSPS) is 11.5. The molecule has 0 aliphatic carbocycles. The molecule has 0 amide bonds. The van der Waals surface area contributed by atoms with E-state index in [0.717, 1.165) is 20.8 Å². The van der Waals surface area contributed by atoms with Gasteiger partial charge in [-0.1, -0.05) is 35.9 Å². The third-order valence-corrected chi connectivity index (χ3v) is 4.30. The second-order valence-corrected chi connectivity index (χ2v) is 5.65. The average molecular weight is 297 g/mol. The van der Waals surface area contributed by atoms with Crippen LogP contribution in [-0.2, 0) is 0 Å². The first-order chi connectivity index (χ1) is 9.76. The summed E-state index contributed by atoms with van der Waals surface area (Å²) in [6.07, 6.45) is 1.86. The molecule has 96 valence electrons. The maximum atomic E-state index is 8.77. The van der Waals surface area contributed by atoms with Crippen molar-refractivity contribution in [2.45, 2.75) is 0 Å². The standard InChI is InChI=1S/C16H9ClN2S/c17-13(9-11-5-7-12(10-18)8-6-11)16-19-14-3-1-2-4-15(14)20-16/h1-9H/b13-9-. The fourth-order valence-corrected chi connectivity index (χ4v) is 2.99. The lowest BCUT2D eigenvalue weighted by molar-refractivity contribution is 1.46. The molecular weight excluding hydrogens is 288 g/mol. The van der Waals surface area contributed by atoms with Gasteiger partial charge in [-0.3, -0.25) is 0 Å². The zero-order chi connectivity index (χ0) is 13.9. The van der Waals surface area contributed by atoms with Crippen LogP contribution in [0, 0.1) is 11.3 Å². The van der Waals surface area contributed by atoms with Gasteiger partial charge in [-0.05, 0) is 35.9 Å². The number of nitriles is 1. The van der Waals surface area contributed by atoms with E-state index in [1.807, 2.05) is 42.5 Å². The van der Waals surface area contributed by atoms with Crippen molar-refractivity contribution in [2.75, 3.05) is 0 Å². The number of benzene rings is 2. The molecule has 20 heavy (non-hydrogen) atoms. The van der Waals surface area contributed by atoms with Crippen LogP contribution in [0.15, 0.2) is 48.5 Å². The Bertz CT molecular complexity index is 793. The Labute approximate surface area is 125 Å². The van der Waals surface area contributed by atoms with Crippen LogP contribution >= 0.6 is 22.9 Å². The van der Waals surface area contributed by atoms with E-state index in [-0.39, 0.29) is 0 Å². The number of rotatable bonds is 2. The molecule has 0 saturated carbocycles. The van der Waals surface area contributed by atoms with E-state index < -0.39 is 0 Å². The van der Waals surface area contributed by atoms with Crippen molar-refractivity contribution in [1.29, 1.82) is 5.26 Å². The minimum Gasteiger partial charge on any atom is -0.235 e. The topological polar surface area (TPSA) is 36.7 Å². The molecule has 4 heteroatoms. The SMILES string of the molecule is N#Cc1ccc(/C=C(\Cl)c2nc3ccccc3s2)cc1. The van der Waals surface area contributed by atoms with Crippen molar-refractivity contribution < 1.29 is 0 Å². The van der Waals surface area contributed by atoms with Crippen LogP contribution in [0.2, 0.25) is 0 Å². The van der Waals surface area contributed by atoms with Crippen molar-refractivity contribution in [3.8, 4) is 6.07 Å². The first-order valence-corrected chi connectivity index (χ1v) is 7.19. The molecule has 3 rings (SSSR count). The number of halogens is 1. The molecule has 0 bridgehead atoms. The molecule has 2 aromatic carbocycles. The van der Waals surface area contributed by atoms with Gasteiger partial charge in [0.25, 0.3) is 0 Å². The van der Waals surface area contributed by atoms with E-state index >= 15 is 0 Å². The van der Waals surface area contributed by atoms with Gasteiger partial charge in [0.1, 0.15) is 5.01 Å². The highest BCUT2D eigenvalue weighted by Crippen LogP contribution is 2.30. The first-order valence-electron chi connectivity index (χ1n) is 5.99. The Kier molecular flexibility index (Phi) is 3.51. The lowest BCUT2D eigenvalue weighted by Crippen LogP contribution is -1.78. The highest BCUT2D eigenvalue weighted by atomic mass is 35.5. The van der Waals surface area contributed by atoms with Gasteiger partial charge in [-0.25, -0.2) is 4.98 Å². The number of aromatic nitrogens is 1. The maximum Gasteiger partial charge on any atom is 0.136 e. The van der Waals surface area contributed by atoms with Crippen LogP contribution in [0.4, 0.5) is 0 Å². The molecule has 0 aliphatic heterocycles. The van der Waals surface area contributed by atoms with Crippen molar-refractivity contribution in [3.63, 3.8) is 0 Å². The fraction of sp³-hybridized carbons (Fsp3) is 0. The van der Waals surface area contributed by atoms with E-state index in [9.17, 15) is 0 Å². The molecule has 0 radical (unpaired) electrons. The molecule has 0 saturated heterocycles. The van der Waals surface area contributed by atoms with Gasteiger partial charge in [0.2, 0.25) is 0 Å². The summed E-state index contributed by atoms with van der Waals surface area (Å²) in [7, 11) is 0. The molecule has 0 aliphatic rings. The maximum absolute atomic E-state index is 8.77. The number of nitrogens with zero attached hydrogens (tertiary/aromatic N) is 2. The van der Waals surface area contributed by atoms with E-state index in [1.54, 1.807) is 23.5 Å². The second-order valence-electron chi connectivity index (χ2n) is 4.21. The lowest BCUT2D eigenvalue weighted by Gasteiger charge is -1.95. The zero-order valence-corrected chi connectivity index (χ0v) is 11.9. The Hall–Kier alpha value is -2.15. The molecule has 3 aromatic rings. The highest BCUT2D eigenvalue weighted by Gasteiger charge is 2.06. The quantitative estimate of drug-likeness (QED) is 0.674. The fourth-order valence-electron chi connectivity index (χ4n) is 1.84. The van der Waals surface area contributed by atoms with E-state index in [4.69, 9.17) is 16.9 Å². The summed E-state index contributed by atoms with van der Waals surface area (Å²) < 4.78 is 1.12. The smallest absolute Gasteiger partial charge is 0.136 e. The molecule has 1 aromatic heterocycles. The van der Waals surface area contributed by atoms with Gasteiger partial charge in [-0.15, -0.1) is 11.3 Å². The van der Waals surface area contributed by atoms with Crippen LogP contribution < -0.4 is 0 Å². The third kappa shape index (κ3) is 2.57. The summed E-state index contributed by atoms with van der Waals surface area (Å²) >= 11 is 7.90. The van der Waals surface area contributed by atoms with Crippen molar-refractivity contribution >= 4 is 44.3 Å². The van der Waals surface area contributed by atoms with Crippen LogP contribution in [0.1, 0.15) is 16.1 Å². The molecule has 0 atom stereocenters.